The normalized spacial score (nSPS) is 21.7. The second kappa shape index (κ2) is 4.31. The molecule has 2 heterocycles. The number of nitrogens with one attached hydrogen (secondary N) is 1. The minimum absolute atomic E-state index is 0.0531. The van der Waals surface area contributed by atoms with Gasteiger partial charge in [0.05, 0.1) is 11.7 Å². The first-order valence-corrected chi connectivity index (χ1v) is 6.15. The number of rotatable bonds is 1. The summed E-state index contributed by atoms with van der Waals surface area (Å²) in [5.74, 6) is -0.0531. The van der Waals surface area contributed by atoms with Gasteiger partial charge in [-0.15, -0.1) is 0 Å². The Morgan fingerprint density at radius 2 is 2.06 bits per heavy atom. The van der Waals surface area contributed by atoms with Crippen molar-refractivity contribution in [2.45, 2.75) is 38.8 Å². The van der Waals surface area contributed by atoms with Crippen molar-refractivity contribution in [1.82, 2.24) is 20.2 Å². The first-order valence-electron chi connectivity index (χ1n) is 6.15. The van der Waals surface area contributed by atoms with E-state index in [1.54, 1.807) is 12.4 Å². The summed E-state index contributed by atoms with van der Waals surface area (Å²) in [7, 11) is 0. The first kappa shape index (κ1) is 13.0. The number of nitrogens with zero attached hydrogens (tertiary/aromatic N) is 3. The van der Waals surface area contributed by atoms with Crippen LogP contribution >= 0.6 is 0 Å². The Morgan fingerprint density at radius 1 is 1.33 bits per heavy atom. The summed E-state index contributed by atoms with van der Waals surface area (Å²) in [6.45, 7) is 9.74. The predicted octanol–water partition coefficient (Wildman–Crippen LogP) is 1.08. The summed E-state index contributed by atoms with van der Waals surface area (Å²) in [5, 5.41) is 3.46. The fraction of sp³-hybridized carbons (Fsp3) is 0.615. The molecule has 0 atom stereocenters. The summed E-state index contributed by atoms with van der Waals surface area (Å²) >= 11 is 0. The van der Waals surface area contributed by atoms with Crippen LogP contribution in [0.25, 0.3) is 0 Å². The second-order valence-electron chi connectivity index (χ2n) is 6.03. The van der Waals surface area contributed by atoms with Gasteiger partial charge in [-0.3, -0.25) is 9.78 Å². The molecule has 0 spiro atoms. The molecule has 98 valence electrons. The predicted molar refractivity (Wildman–Crippen MR) is 69.2 cm³/mol. The highest BCUT2D eigenvalue weighted by Gasteiger charge is 2.40. The van der Waals surface area contributed by atoms with Gasteiger partial charge in [0.2, 0.25) is 0 Å². The Labute approximate surface area is 108 Å². The smallest absolute Gasteiger partial charge is 0.274 e. The van der Waals surface area contributed by atoms with E-state index < -0.39 is 0 Å². The van der Waals surface area contributed by atoms with Gasteiger partial charge in [0.1, 0.15) is 5.69 Å². The Hall–Kier alpha value is -1.49. The van der Waals surface area contributed by atoms with Crippen LogP contribution in [0, 0.1) is 0 Å². The number of carbonyl (C=O) groups is 1. The summed E-state index contributed by atoms with van der Waals surface area (Å²) in [4.78, 5) is 22.4. The Morgan fingerprint density at radius 3 is 2.67 bits per heavy atom. The van der Waals surface area contributed by atoms with Gasteiger partial charge in [-0.05, 0) is 27.7 Å². The van der Waals surface area contributed by atoms with Gasteiger partial charge < -0.3 is 10.2 Å². The lowest BCUT2D eigenvalue weighted by atomic mass is 9.91. The maximum atomic E-state index is 12.5. The third kappa shape index (κ3) is 2.51. The minimum Gasteiger partial charge on any atom is -0.329 e. The molecule has 1 N–H and O–H groups in total. The van der Waals surface area contributed by atoms with Gasteiger partial charge in [0.25, 0.3) is 5.91 Å². The van der Waals surface area contributed by atoms with Crippen LogP contribution in [0.2, 0.25) is 0 Å². The fourth-order valence-corrected chi connectivity index (χ4v) is 2.11. The standard InChI is InChI=1S/C13H20N4O/c1-12(2)9-17(13(3,4)8-16-12)11(18)10-7-14-5-6-15-10/h5-7,16H,8-9H2,1-4H3. The van der Waals surface area contributed by atoms with Crippen LogP contribution in [0.5, 0.6) is 0 Å². The molecule has 5 nitrogen and oxygen atoms in total. The van der Waals surface area contributed by atoms with Crippen molar-refractivity contribution < 1.29 is 4.79 Å². The molecule has 1 fully saturated rings. The Bertz CT molecular complexity index is 442. The largest absolute Gasteiger partial charge is 0.329 e. The average molecular weight is 248 g/mol. The third-order valence-corrected chi connectivity index (χ3v) is 3.31. The van der Waals surface area contributed by atoms with Crippen molar-refractivity contribution in [1.29, 1.82) is 0 Å². The average Bonchev–Trinajstić information content (AvgIpc) is 2.33. The van der Waals surface area contributed by atoms with Crippen LogP contribution < -0.4 is 5.32 Å². The van der Waals surface area contributed by atoms with Crippen LogP contribution in [-0.4, -0.2) is 44.9 Å². The topological polar surface area (TPSA) is 58.1 Å². The van der Waals surface area contributed by atoms with Crippen LogP contribution in [0.3, 0.4) is 0 Å². The van der Waals surface area contributed by atoms with Gasteiger partial charge in [0.15, 0.2) is 0 Å². The molecule has 1 amide bonds. The molecule has 1 aromatic heterocycles. The van der Waals surface area contributed by atoms with Crippen LogP contribution in [0.1, 0.15) is 38.2 Å². The molecule has 1 aromatic rings. The van der Waals surface area contributed by atoms with Crippen molar-refractivity contribution in [3.05, 3.63) is 24.3 Å². The number of hydrogen-bond acceptors (Lipinski definition) is 4. The van der Waals surface area contributed by atoms with E-state index in [4.69, 9.17) is 0 Å². The lowest BCUT2D eigenvalue weighted by Crippen LogP contribution is -2.67. The van der Waals surface area contributed by atoms with Gasteiger partial charge in [-0.2, -0.15) is 0 Å². The molecule has 0 radical (unpaired) electrons. The highest BCUT2D eigenvalue weighted by Crippen LogP contribution is 2.24. The van der Waals surface area contributed by atoms with Crippen molar-refractivity contribution in [2.24, 2.45) is 0 Å². The van der Waals surface area contributed by atoms with E-state index >= 15 is 0 Å². The number of carbonyl (C=O) groups excluding carboxylic acids is 1. The minimum atomic E-state index is -0.218. The van der Waals surface area contributed by atoms with Crippen LogP contribution in [0.4, 0.5) is 0 Å². The van der Waals surface area contributed by atoms with Gasteiger partial charge in [-0.25, -0.2) is 4.98 Å². The summed E-state index contributed by atoms with van der Waals surface area (Å²) in [6.07, 6.45) is 4.64. The van der Waals surface area contributed by atoms with Gasteiger partial charge >= 0.3 is 0 Å². The number of piperazine rings is 1. The molecule has 0 bridgehead atoms. The molecule has 18 heavy (non-hydrogen) atoms. The second-order valence-corrected chi connectivity index (χ2v) is 6.03. The van der Waals surface area contributed by atoms with E-state index in [9.17, 15) is 4.79 Å². The zero-order valence-corrected chi connectivity index (χ0v) is 11.4. The van der Waals surface area contributed by atoms with Gasteiger partial charge in [-0.1, -0.05) is 0 Å². The monoisotopic (exact) mass is 248 g/mol. The maximum Gasteiger partial charge on any atom is 0.274 e. The molecule has 1 aliphatic heterocycles. The molecule has 5 heteroatoms. The molecule has 0 aromatic carbocycles. The van der Waals surface area contributed by atoms with Gasteiger partial charge in [0, 0.05) is 31.0 Å². The Kier molecular flexibility index (Phi) is 3.11. The molecule has 0 saturated carbocycles. The zero-order valence-electron chi connectivity index (χ0n) is 11.4. The van der Waals surface area contributed by atoms with E-state index in [2.05, 4.69) is 43.0 Å². The van der Waals surface area contributed by atoms with Crippen LogP contribution in [-0.2, 0) is 0 Å². The zero-order chi connectivity index (χ0) is 13.4. The van der Waals surface area contributed by atoms with Crippen molar-refractivity contribution in [3.63, 3.8) is 0 Å². The molecule has 1 saturated heterocycles. The molecule has 2 rings (SSSR count). The summed E-state index contributed by atoms with van der Waals surface area (Å²) in [5.41, 5.74) is 0.112. The summed E-state index contributed by atoms with van der Waals surface area (Å²) < 4.78 is 0. The lowest BCUT2D eigenvalue weighted by molar-refractivity contribution is 0.0275. The van der Waals surface area contributed by atoms with Crippen molar-refractivity contribution in [3.8, 4) is 0 Å². The molecule has 1 aliphatic rings. The van der Waals surface area contributed by atoms with E-state index in [1.165, 1.54) is 6.20 Å². The first-order chi connectivity index (χ1) is 8.32. The highest BCUT2D eigenvalue weighted by atomic mass is 16.2. The van der Waals surface area contributed by atoms with E-state index in [0.717, 1.165) is 6.54 Å². The van der Waals surface area contributed by atoms with E-state index in [-0.39, 0.29) is 17.0 Å². The summed E-state index contributed by atoms with van der Waals surface area (Å²) in [6, 6.07) is 0. The fourth-order valence-electron chi connectivity index (χ4n) is 2.11. The molecule has 0 aliphatic carbocycles. The number of amides is 1. The van der Waals surface area contributed by atoms with Crippen molar-refractivity contribution in [2.75, 3.05) is 13.1 Å². The Balaban J connectivity index is 2.27. The lowest BCUT2D eigenvalue weighted by Gasteiger charge is -2.49. The number of hydrogen-bond donors (Lipinski definition) is 1. The maximum absolute atomic E-state index is 12.5. The molecular formula is C13H20N4O. The number of aromatic nitrogens is 2. The van der Waals surface area contributed by atoms with Crippen molar-refractivity contribution >= 4 is 5.91 Å². The molecule has 0 unspecified atom stereocenters. The van der Waals surface area contributed by atoms with E-state index in [1.807, 2.05) is 4.90 Å². The SMILES string of the molecule is CC1(C)CN(C(=O)c2cnccn2)C(C)(C)CN1. The quantitative estimate of drug-likeness (QED) is 0.808. The highest BCUT2D eigenvalue weighted by molar-refractivity contribution is 5.92. The van der Waals surface area contributed by atoms with E-state index in [0.29, 0.717) is 12.2 Å². The third-order valence-electron chi connectivity index (χ3n) is 3.31. The molecular weight excluding hydrogens is 228 g/mol. The van der Waals surface area contributed by atoms with Crippen LogP contribution in [0.15, 0.2) is 18.6 Å².